The summed E-state index contributed by atoms with van der Waals surface area (Å²) in [4.78, 5) is 9.23. The summed E-state index contributed by atoms with van der Waals surface area (Å²) in [6, 6.07) is 13.0. The van der Waals surface area contributed by atoms with E-state index in [2.05, 4.69) is 58.2 Å². The van der Waals surface area contributed by atoms with Gasteiger partial charge in [-0.2, -0.15) is 0 Å². The Morgan fingerprint density at radius 3 is 2.75 bits per heavy atom. The van der Waals surface area contributed by atoms with Gasteiger partial charge in [0.2, 0.25) is 0 Å². The third kappa shape index (κ3) is 2.83. The number of anilines is 1. The predicted molar refractivity (Wildman–Crippen MR) is 82.8 cm³/mol. The largest absolute Gasteiger partial charge is 0.373 e. The van der Waals surface area contributed by atoms with E-state index in [9.17, 15) is 0 Å². The number of likely N-dealkylation sites (N-methyl/N-ethyl adjacent to an activating group) is 1. The number of rotatable bonds is 2. The smallest absolute Gasteiger partial charge is 0.0409 e. The lowest BCUT2D eigenvalue weighted by molar-refractivity contribution is 0.269. The SMILES string of the molecule is Cc1ccc(CN2CCN(C)c3ccccc3C2)cn1. The molecule has 3 rings (SSSR count). The number of hydrogen-bond donors (Lipinski definition) is 0. The summed E-state index contributed by atoms with van der Waals surface area (Å²) in [5.74, 6) is 0. The summed E-state index contributed by atoms with van der Waals surface area (Å²) in [5, 5.41) is 0. The first-order chi connectivity index (χ1) is 9.72. The molecular formula is C17H21N3. The Labute approximate surface area is 120 Å². The average Bonchev–Trinajstić information content (AvgIpc) is 2.62. The Morgan fingerprint density at radius 2 is 1.95 bits per heavy atom. The van der Waals surface area contributed by atoms with E-state index < -0.39 is 0 Å². The average molecular weight is 267 g/mol. The molecule has 2 heterocycles. The minimum absolute atomic E-state index is 0.968. The van der Waals surface area contributed by atoms with Crippen molar-refractivity contribution < 1.29 is 0 Å². The molecule has 0 fully saturated rings. The third-order valence-corrected chi connectivity index (χ3v) is 3.93. The standard InChI is InChI=1S/C17H21N3/c1-14-7-8-15(11-18-14)12-20-10-9-19(2)17-6-4-3-5-16(17)13-20/h3-8,11H,9-10,12-13H2,1-2H3. The van der Waals surface area contributed by atoms with E-state index in [1.54, 1.807) is 0 Å². The highest BCUT2D eigenvalue weighted by molar-refractivity contribution is 5.53. The summed E-state index contributed by atoms with van der Waals surface area (Å²) in [6.07, 6.45) is 2.00. The van der Waals surface area contributed by atoms with Crippen molar-refractivity contribution in [2.45, 2.75) is 20.0 Å². The number of benzene rings is 1. The Kier molecular flexibility index (Phi) is 3.70. The fourth-order valence-corrected chi connectivity index (χ4v) is 2.73. The monoisotopic (exact) mass is 267 g/mol. The van der Waals surface area contributed by atoms with Crippen LogP contribution in [0.25, 0.3) is 0 Å². The molecule has 0 unspecified atom stereocenters. The lowest BCUT2D eigenvalue weighted by Crippen LogP contribution is -2.28. The van der Waals surface area contributed by atoms with E-state index >= 15 is 0 Å². The van der Waals surface area contributed by atoms with Crippen LogP contribution in [0.2, 0.25) is 0 Å². The van der Waals surface area contributed by atoms with Crippen molar-refractivity contribution in [1.82, 2.24) is 9.88 Å². The minimum atomic E-state index is 0.968. The summed E-state index contributed by atoms with van der Waals surface area (Å²) in [7, 11) is 2.18. The third-order valence-electron chi connectivity index (χ3n) is 3.93. The van der Waals surface area contributed by atoms with Crippen molar-refractivity contribution in [3.8, 4) is 0 Å². The van der Waals surface area contributed by atoms with Crippen LogP contribution >= 0.6 is 0 Å². The van der Waals surface area contributed by atoms with Crippen LogP contribution in [0.5, 0.6) is 0 Å². The maximum atomic E-state index is 4.39. The lowest BCUT2D eigenvalue weighted by Gasteiger charge is -2.20. The van der Waals surface area contributed by atoms with Crippen molar-refractivity contribution in [1.29, 1.82) is 0 Å². The number of aromatic nitrogens is 1. The molecule has 1 aromatic heterocycles. The molecule has 0 N–H and O–H groups in total. The zero-order valence-electron chi connectivity index (χ0n) is 12.2. The summed E-state index contributed by atoms with van der Waals surface area (Å²) in [5.41, 5.74) is 5.14. The molecule has 0 aliphatic carbocycles. The number of hydrogen-bond acceptors (Lipinski definition) is 3. The molecule has 3 heteroatoms. The zero-order valence-corrected chi connectivity index (χ0v) is 12.2. The fraction of sp³-hybridized carbons (Fsp3) is 0.353. The van der Waals surface area contributed by atoms with E-state index in [4.69, 9.17) is 0 Å². The van der Waals surface area contributed by atoms with Gasteiger partial charge in [0, 0.05) is 50.8 Å². The van der Waals surface area contributed by atoms with Gasteiger partial charge in [-0.05, 0) is 30.2 Å². The van der Waals surface area contributed by atoms with Gasteiger partial charge in [0.15, 0.2) is 0 Å². The first kappa shape index (κ1) is 13.1. The Bertz CT molecular complexity index is 577. The molecule has 0 atom stereocenters. The molecule has 0 bridgehead atoms. The van der Waals surface area contributed by atoms with Gasteiger partial charge in [0.25, 0.3) is 0 Å². The van der Waals surface area contributed by atoms with Gasteiger partial charge in [0.1, 0.15) is 0 Å². The van der Waals surface area contributed by atoms with E-state index in [0.717, 1.165) is 31.9 Å². The van der Waals surface area contributed by atoms with Gasteiger partial charge in [-0.15, -0.1) is 0 Å². The molecular weight excluding hydrogens is 246 g/mol. The predicted octanol–water partition coefficient (Wildman–Crippen LogP) is 2.84. The fourth-order valence-electron chi connectivity index (χ4n) is 2.73. The maximum absolute atomic E-state index is 4.39. The molecule has 20 heavy (non-hydrogen) atoms. The van der Waals surface area contributed by atoms with Crippen LogP contribution in [0, 0.1) is 6.92 Å². The molecule has 0 radical (unpaired) electrons. The van der Waals surface area contributed by atoms with Gasteiger partial charge in [-0.1, -0.05) is 24.3 Å². The van der Waals surface area contributed by atoms with Crippen LogP contribution in [-0.2, 0) is 13.1 Å². The first-order valence-electron chi connectivity index (χ1n) is 7.15. The highest BCUT2D eigenvalue weighted by Crippen LogP contribution is 2.24. The molecule has 0 saturated carbocycles. The summed E-state index contributed by atoms with van der Waals surface area (Å²) < 4.78 is 0. The first-order valence-corrected chi connectivity index (χ1v) is 7.15. The Hall–Kier alpha value is -1.87. The number of aryl methyl sites for hydroxylation is 1. The van der Waals surface area contributed by atoms with Crippen molar-refractivity contribution >= 4 is 5.69 Å². The molecule has 104 valence electrons. The number of para-hydroxylation sites is 1. The van der Waals surface area contributed by atoms with Crippen LogP contribution in [-0.4, -0.2) is 30.0 Å². The zero-order chi connectivity index (χ0) is 13.9. The van der Waals surface area contributed by atoms with Gasteiger partial charge < -0.3 is 4.90 Å². The molecule has 3 nitrogen and oxygen atoms in total. The second-order valence-corrected chi connectivity index (χ2v) is 5.57. The quantitative estimate of drug-likeness (QED) is 0.834. The van der Waals surface area contributed by atoms with Crippen LogP contribution in [0.3, 0.4) is 0 Å². The number of nitrogens with zero attached hydrogens (tertiary/aromatic N) is 3. The van der Waals surface area contributed by atoms with Gasteiger partial charge >= 0.3 is 0 Å². The second-order valence-electron chi connectivity index (χ2n) is 5.57. The second kappa shape index (κ2) is 5.63. The Balaban J connectivity index is 1.78. The topological polar surface area (TPSA) is 19.4 Å². The summed E-state index contributed by atoms with van der Waals surface area (Å²) >= 11 is 0. The molecule has 1 aliphatic heterocycles. The van der Waals surface area contributed by atoms with E-state index in [1.165, 1.54) is 16.8 Å². The van der Waals surface area contributed by atoms with Gasteiger partial charge in [0.05, 0.1) is 0 Å². The number of fused-ring (bicyclic) bond motifs is 1. The van der Waals surface area contributed by atoms with Crippen molar-refractivity contribution in [2.75, 3.05) is 25.0 Å². The van der Waals surface area contributed by atoms with E-state index in [0.29, 0.717) is 0 Å². The maximum Gasteiger partial charge on any atom is 0.0409 e. The molecule has 1 aliphatic rings. The van der Waals surface area contributed by atoms with Crippen LogP contribution in [0.1, 0.15) is 16.8 Å². The minimum Gasteiger partial charge on any atom is -0.373 e. The van der Waals surface area contributed by atoms with Crippen molar-refractivity contribution in [3.05, 3.63) is 59.4 Å². The van der Waals surface area contributed by atoms with Gasteiger partial charge in [-0.25, -0.2) is 0 Å². The Morgan fingerprint density at radius 1 is 1.10 bits per heavy atom. The molecule has 0 saturated heterocycles. The molecule has 0 spiro atoms. The van der Waals surface area contributed by atoms with E-state index in [1.807, 2.05) is 13.1 Å². The summed E-state index contributed by atoms with van der Waals surface area (Å²) in [6.45, 7) is 6.15. The van der Waals surface area contributed by atoms with Crippen molar-refractivity contribution in [3.63, 3.8) is 0 Å². The number of pyridine rings is 1. The van der Waals surface area contributed by atoms with Crippen molar-refractivity contribution in [2.24, 2.45) is 0 Å². The molecule has 1 aromatic carbocycles. The lowest BCUT2D eigenvalue weighted by atomic mass is 10.1. The van der Waals surface area contributed by atoms with Crippen LogP contribution < -0.4 is 4.90 Å². The highest BCUT2D eigenvalue weighted by atomic mass is 15.2. The molecule has 2 aromatic rings. The van der Waals surface area contributed by atoms with Crippen LogP contribution in [0.15, 0.2) is 42.6 Å². The highest BCUT2D eigenvalue weighted by Gasteiger charge is 2.17. The van der Waals surface area contributed by atoms with Gasteiger partial charge in [-0.3, -0.25) is 9.88 Å². The van der Waals surface area contributed by atoms with E-state index in [-0.39, 0.29) is 0 Å². The molecule has 0 amide bonds. The normalized spacial score (nSPS) is 15.8. The van der Waals surface area contributed by atoms with Crippen LogP contribution in [0.4, 0.5) is 5.69 Å².